The molecule has 1 aromatic carbocycles. The molecule has 0 aliphatic rings. The molecule has 0 spiro atoms. The summed E-state index contributed by atoms with van der Waals surface area (Å²) in [5.41, 5.74) is -2.01. The van der Waals surface area contributed by atoms with Gasteiger partial charge in [0, 0.05) is 23.1 Å². The van der Waals surface area contributed by atoms with Crippen LogP contribution in [0.25, 0.3) is 0 Å². The second kappa shape index (κ2) is 9.05. The standard InChI is InChI=1S/C9H12ClO2PS2.K/c1-2-12-13(11,14)15-7-8-5-3-4-6-9(8)10;/h3-6H,2,7H2,1H3,(H,11,14);/q;+1/p-1. The van der Waals surface area contributed by atoms with E-state index in [1.54, 1.807) is 13.0 Å². The summed E-state index contributed by atoms with van der Waals surface area (Å²) in [6.45, 7) is 2.14. The zero-order valence-electron chi connectivity index (χ0n) is 9.18. The number of hydrogen-bond acceptors (Lipinski definition) is 4. The van der Waals surface area contributed by atoms with E-state index in [-0.39, 0.29) is 51.4 Å². The van der Waals surface area contributed by atoms with Crippen LogP contribution in [0.2, 0.25) is 5.02 Å². The molecule has 0 bridgehead atoms. The Bertz CT molecular complexity index is 378. The van der Waals surface area contributed by atoms with Crippen molar-refractivity contribution in [2.75, 3.05) is 6.61 Å². The Morgan fingerprint density at radius 3 is 2.69 bits per heavy atom. The van der Waals surface area contributed by atoms with Gasteiger partial charge in [-0.15, -0.1) is 11.4 Å². The van der Waals surface area contributed by atoms with E-state index in [1.807, 2.05) is 18.2 Å². The van der Waals surface area contributed by atoms with Crippen molar-refractivity contribution in [3.05, 3.63) is 34.9 Å². The van der Waals surface area contributed by atoms with Crippen LogP contribution in [0.3, 0.4) is 0 Å². The Morgan fingerprint density at radius 1 is 1.50 bits per heavy atom. The van der Waals surface area contributed by atoms with Gasteiger partial charge in [-0.25, -0.2) is 0 Å². The molecule has 0 saturated carbocycles. The van der Waals surface area contributed by atoms with E-state index >= 15 is 0 Å². The first-order chi connectivity index (χ1) is 7.05. The first-order valence-electron chi connectivity index (χ1n) is 4.38. The minimum Gasteiger partial charge on any atom is -0.793 e. The van der Waals surface area contributed by atoms with Crippen molar-refractivity contribution in [2.24, 2.45) is 0 Å². The molecule has 1 rings (SSSR count). The van der Waals surface area contributed by atoms with Crippen LogP contribution in [0.4, 0.5) is 0 Å². The summed E-state index contributed by atoms with van der Waals surface area (Å²) in [6, 6.07) is 7.42. The van der Waals surface area contributed by atoms with Crippen molar-refractivity contribution in [1.82, 2.24) is 0 Å². The first-order valence-corrected chi connectivity index (χ1v) is 8.99. The maximum atomic E-state index is 11.6. The van der Waals surface area contributed by atoms with Gasteiger partial charge in [-0.3, -0.25) is 0 Å². The van der Waals surface area contributed by atoms with Gasteiger partial charge in [-0.2, -0.15) is 0 Å². The van der Waals surface area contributed by atoms with Crippen LogP contribution in [0.5, 0.6) is 0 Å². The molecule has 1 unspecified atom stereocenters. The smallest absolute Gasteiger partial charge is 0.793 e. The Morgan fingerprint density at radius 2 is 2.12 bits per heavy atom. The number of rotatable bonds is 5. The third-order valence-electron chi connectivity index (χ3n) is 1.62. The van der Waals surface area contributed by atoms with E-state index in [4.69, 9.17) is 27.9 Å². The summed E-state index contributed by atoms with van der Waals surface area (Å²) in [5, 5.41) is 0.663. The van der Waals surface area contributed by atoms with E-state index in [0.29, 0.717) is 17.4 Å². The van der Waals surface area contributed by atoms with Crippen molar-refractivity contribution >= 4 is 40.5 Å². The Balaban J connectivity index is 0.00000225. The molecule has 2 nitrogen and oxygen atoms in total. The molecular formula is C9H11ClKO2PS2. The molecule has 0 aromatic heterocycles. The molecule has 7 heteroatoms. The third kappa shape index (κ3) is 6.85. The summed E-state index contributed by atoms with van der Waals surface area (Å²) >= 11 is 11.9. The zero-order chi connectivity index (χ0) is 11.3. The Labute approximate surface area is 153 Å². The van der Waals surface area contributed by atoms with Gasteiger partial charge in [0.2, 0.25) is 0 Å². The van der Waals surface area contributed by atoms with E-state index in [0.717, 1.165) is 16.9 Å². The van der Waals surface area contributed by atoms with Gasteiger partial charge in [0.15, 0.2) is 0 Å². The van der Waals surface area contributed by atoms with Gasteiger partial charge in [0.25, 0.3) is 0 Å². The van der Waals surface area contributed by atoms with Crippen LogP contribution in [-0.4, -0.2) is 6.61 Å². The van der Waals surface area contributed by atoms with Crippen LogP contribution >= 0.6 is 28.7 Å². The summed E-state index contributed by atoms with van der Waals surface area (Å²) in [6.07, 6.45) is 0. The molecule has 0 amide bonds. The van der Waals surface area contributed by atoms with Crippen LogP contribution in [0.15, 0.2) is 24.3 Å². The molecule has 0 heterocycles. The third-order valence-corrected chi connectivity index (χ3v) is 6.24. The molecule has 84 valence electrons. The molecule has 1 aromatic rings. The normalized spacial score (nSPS) is 13.9. The van der Waals surface area contributed by atoms with Gasteiger partial charge in [-0.1, -0.05) is 41.6 Å². The van der Waals surface area contributed by atoms with Crippen LogP contribution < -0.4 is 56.3 Å². The van der Waals surface area contributed by atoms with E-state index in [1.165, 1.54) is 0 Å². The SMILES string of the molecule is CCOP([O-])(=S)SCc1ccccc1Cl.[K+]. The molecule has 16 heavy (non-hydrogen) atoms. The Hall–Kier alpha value is 2.07. The fraction of sp³-hybridized carbons (Fsp3) is 0.333. The fourth-order valence-corrected chi connectivity index (χ4v) is 4.40. The maximum absolute atomic E-state index is 11.6. The van der Waals surface area contributed by atoms with Crippen LogP contribution in [0.1, 0.15) is 12.5 Å². The van der Waals surface area contributed by atoms with E-state index in [2.05, 4.69) is 0 Å². The van der Waals surface area contributed by atoms with Gasteiger partial charge in [0.05, 0.1) is 0 Å². The van der Waals surface area contributed by atoms with Gasteiger partial charge in [0.1, 0.15) is 0 Å². The summed E-state index contributed by atoms with van der Waals surface area (Å²) in [5.74, 6) is 0.514. The molecular weight excluding hydrogens is 310 g/mol. The number of benzene rings is 1. The van der Waals surface area contributed by atoms with Crippen molar-refractivity contribution in [3.8, 4) is 0 Å². The fourth-order valence-electron chi connectivity index (χ4n) is 0.959. The largest absolute Gasteiger partial charge is 1.00 e. The average Bonchev–Trinajstić information content (AvgIpc) is 2.16. The minimum absolute atomic E-state index is 0. The number of hydrogen-bond donors (Lipinski definition) is 0. The second-order valence-corrected chi connectivity index (χ2v) is 9.19. The summed E-state index contributed by atoms with van der Waals surface area (Å²) in [4.78, 5) is 11.6. The van der Waals surface area contributed by atoms with Crippen LogP contribution in [0, 0.1) is 0 Å². The number of halogens is 1. The average molecular weight is 321 g/mol. The van der Waals surface area contributed by atoms with E-state index < -0.39 is 5.69 Å². The first kappa shape index (κ1) is 18.1. The molecule has 0 saturated heterocycles. The maximum Gasteiger partial charge on any atom is 1.00 e. The summed E-state index contributed by atoms with van der Waals surface area (Å²) in [7, 11) is 0. The van der Waals surface area contributed by atoms with Gasteiger partial charge < -0.3 is 9.42 Å². The van der Waals surface area contributed by atoms with Crippen molar-refractivity contribution < 1.29 is 60.8 Å². The predicted molar refractivity (Wildman–Crippen MR) is 68.7 cm³/mol. The molecule has 0 radical (unpaired) electrons. The van der Waals surface area contributed by atoms with Crippen molar-refractivity contribution in [3.63, 3.8) is 0 Å². The van der Waals surface area contributed by atoms with Gasteiger partial charge in [-0.05, 0) is 18.6 Å². The predicted octanol–water partition coefficient (Wildman–Crippen LogP) is 0.199. The Kier molecular flexibility index (Phi) is 10.2. The molecule has 0 fully saturated rings. The van der Waals surface area contributed by atoms with Crippen molar-refractivity contribution in [2.45, 2.75) is 12.7 Å². The molecule has 0 aliphatic carbocycles. The summed E-state index contributed by atoms with van der Waals surface area (Å²) < 4.78 is 4.98. The topological polar surface area (TPSA) is 32.3 Å². The van der Waals surface area contributed by atoms with Gasteiger partial charge >= 0.3 is 51.4 Å². The van der Waals surface area contributed by atoms with Crippen LogP contribution in [-0.2, 0) is 22.1 Å². The molecule has 0 N–H and O–H groups in total. The minimum atomic E-state index is -2.94. The second-order valence-electron chi connectivity index (χ2n) is 2.73. The quantitative estimate of drug-likeness (QED) is 0.573. The molecule has 1 atom stereocenters. The van der Waals surface area contributed by atoms with E-state index in [9.17, 15) is 4.89 Å². The monoisotopic (exact) mass is 320 g/mol. The molecule has 0 aliphatic heterocycles. The van der Waals surface area contributed by atoms with Crippen molar-refractivity contribution in [1.29, 1.82) is 0 Å². The zero-order valence-corrected chi connectivity index (χ0v) is 15.6.